The van der Waals surface area contributed by atoms with Crippen molar-refractivity contribution in [1.29, 1.82) is 0 Å². The van der Waals surface area contributed by atoms with E-state index in [9.17, 15) is 8.42 Å². The van der Waals surface area contributed by atoms with Crippen LogP contribution in [-0.2, 0) is 10.0 Å². The summed E-state index contributed by atoms with van der Waals surface area (Å²) in [5.41, 5.74) is 2.40. The molecule has 0 saturated carbocycles. The van der Waals surface area contributed by atoms with Crippen molar-refractivity contribution in [2.75, 3.05) is 30.0 Å². The lowest BCUT2D eigenvalue weighted by atomic mass is 9.97. The van der Waals surface area contributed by atoms with Gasteiger partial charge in [-0.3, -0.25) is 4.31 Å². The summed E-state index contributed by atoms with van der Waals surface area (Å²) in [6.07, 6.45) is 2.08. The van der Waals surface area contributed by atoms with E-state index in [1.807, 2.05) is 30.3 Å². The molecular formula is C21H29N3O3S2. The molecule has 0 spiro atoms. The summed E-state index contributed by atoms with van der Waals surface area (Å²) in [5.74, 6) is 1.29. The number of nitrogens with zero attached hydrogens (tertiary/aromatic N) is 1. The Bertz CT molecular complexity index is 928. The molecule has 1 atom stereocenters. The van der Waals surface area contributed by atoms with Gasteiger partial charge in [0.2, 0.25) is 10.0 Å². The van der Waals surface area contributed by atoms with Gasteiger partial charge in [-0.2, -0.15) is 0 Å². The van der Waals surface area contributed by atoms with Crippen molar-refractivity contribution < 1.29 is 13.2 Å². The van der Waals surface area contributed by atoms with Crippen LogP contribution in [0.2, 0.25) is 0 Å². The van der Waals surface area contributed by atoms with E-state index in [0.29, 0.717) is 22.4 Å². The summed E-state index contributed by atoms with van der Waals surface area (Å²) >= 11 is 5.52. The molecule has 8 heteroatoms. The van der Waals surface area contributed by atoms with Gasteiger partial charge in [0.05, 0.1) is 25.1 Å². The summed E-state index contributed by atoms with van der Waals surface area (Å²) in [7, 11) is -0.161. The standard InChI is InChI=1S/C21H29N3O3S2/c1-15(2)13-20(16-9-11-19(27-4)12-10-16)23-21(28)22-17-7-6-8-18(14-17)24(3)29(5,25)26/h6-12,14-15,20H,13H2,1-5H3,(H2,22,23,28). The van der Waals surface area contributed by atoms with Crippen molar-refractivity contribution in [1.82, 2.24) is 5.32 Å². The molecule has 0 aliphatic carbocycles. The number of sulfonamides is 1. The SMILES string of the molecule is COc1ccc(C(CC(C)C)NC(=S)Nc2cccc(N(C)S(C)(=O)=O)c2)cc1. The second-order valence-corrected chi connectivity index (χ2v) is 9.76. The van der Waals surface area contributed by atoms with Gasteiger partial charge in [-0.1, -0.05) is 32.0 Å². The fourth-order valence-electron chi connectivity index (χ4n) is 2.88. The molecule has 0 heterocycles. The van der Waals surface area contributed by atoms with Gasteiger partial charge in [-0.15, -0.1) is 0 Å². The van der Waals surface area contributed by atoms with Gasteiger partial charge >= 0.3 is 0 Å². The lowest BCUT2D eigenvalue weighted by Gasteiger charge is -2.24. The molecule has 2 aromatic carbocycles. The van der Waals surface area contributed by atoms with E-state index in [4.69, 9.17) is 17.0 Å². The Morgan fingerprint density at radius 1 is 1.17 bits per heavy atom. The van der Waals surface area contributed by atoms with Crippen molar-refractivity contribution in [3.8, 4) is 5.75 Å². The zero-order chi connectivity index (χ0) is 21.6. The van der Waals surface area contributed by atoms with Crippen LogP contribution in [0.1, 0.15) is 31.9 Å². The number of thiocarbonyl (C=S) groups is 1. The van der Waals surface area contributed by atoms with Crippen molar-refractivity contribution in [2.45, 2.75) is 26.3 Å². The van der Waals surface area contributed by atoms with Crippen molar-refractivity contribution in [3.63, 3.8) is 0 Å². The minimum atomic E-state index is -3.33. The van der Waals surface area contributed by atoms with Crippen LogP contribution >= 0.6 is 12.2 Å². The average Bonchev–Trinajstić information content (AvgIpc) is 2.66. The second kappa shape index (κ2) is 9.93. The molecule has 2 rings (SSSR count). The molecule has 2 N–H and O–H groups in total. The Morgan fingerprint density at radius 2 is 1.83 bits per heavy atom. The van der Waals surface area contributed by atoms with Crippen LogP contribution in [0.4, 0.5) is 11.4 Å². The van der Waals surface area contributed by atoms with Crippen molar-refractivity contribution in [3.05, 3.63) is 54.1 Å². The quantitative estimate of drug-likeness (QED) is 0.607. The highest BCUT2D eigenvalue weighted by Gasteiger charge is 2.16. The van der Waals surface area contributed by atoms with Crippen LogP contribution in [0, 0.1) is 5.92 Å². The maximum absolute atomic E-state index is 11.8. The minimum Gasteiger partial charge on any atom is -0.497 e. The van der Waals surface area contributed by atoms with E-state index in [0.717, 1.165) is 17.7 Å². The Balaban J connectivity index is 2.13. The third-order valence-electron chi connectivity index (χ3n) is 4.50. The zero-order valence-corrected chi connectivity index (χ0v) is 19.1. The van der Waals surface area contributed by atoms with Crippen LogP contribution in [-0.4, -0.2) is 33.9 Å². The van der Waals surface area contributed by atoms with Crippen molar-refractivity contribution >= 4 is 38.7 Å². The molecule has 2 aromatic rings. The first-order valence-corrected chi connectivity index (χ1v) is 11.6. The minimum absolute atomic E-state index is 0.0442. The van der Waals surface area contributed by atoms with Gasteiger partial charge in [0.15, 0.2) is 5.11 Å². The molecule has 0 aromatic heterocycles. The molecule has 0 fully saturated rings. The smallest absolute Gasteiger partial charge is 0.231 e. The molecule has 0 amide bonds. The third kappa shape index (κ3) is 6.90. The zero-order valence-electron chi connectivity index (χ0n) is 17.5. The molecule has 0 aliphatic rings. The van der Waals surface area contributed by atoms with Gasteiger partial charge in [0.1, 0.15) is 5.75 Å². The van der Waals surface area contributed by atoms with Crippen LogP contribution in [0.25, 0.3) is 0 Å². The number of ether oxygens (including phenoxy) is 1. The van der Waals surface area contributed by atoms with Crippen molar-refractivity contribution in [2.24, 2.45) is 5.92 Å². The predicted octanol–water partition coefficient (Wildman–Crippen LogP) is 4.16. The lowest BCUT2D eigenvalue weighted by Crippen LogP contribution is -2.33. The number of anilines is 2. The number of methoxy groups -OCH3 is 1. The van der Waals surface area contributed by atoms with Crippen LogP contribution in [0.3, 0.4) is 0 Å². The average molecular weight is 436 g/mol. The van der Waals surface area contributed by atoms with Gasteiger partial charge in [-0.05, 0) is 60.5 Å². The predicted molar refractivity (Wildman–Crippen MR) is 124 cm³/mol. The molecule has 158 valence electrons. The largest absolute Gasteiger partial charge is 0.497 e. The monoisotopic (exact) mass is 435 g/mol. The highest BCUT2D eigenvalue weighted by atomic mass is 32.2. The van der Waals surface area contributed by atoms with Gasteiger partial charge in [0, 0.05) is 12.7 Å². The number of benzene rings is 2. The number of hydrogen-bond acceptors (Lipinski definition) is 4. The van der Waals surface area contributed by atoms with Gasteiger partial charge in [0.25, 0.3) is 0 Å². The third-order valence-corrected chi connectivity index (χ3v) is 5.92. The normalized spacial score (nSPS) is 12.3. The molecule has 29 heavy (non-hydrogen) atoms. The van der Waals surface area contributed by atoms with Crippen LogP contribution in [0.5, 0.6) is 5.75 Å². The molecule has 0 saturated heterocycles. The number of rotatable bonds is 8. The first kappa shape index (κ1) is 23.0. The van der Waals surface area contributed by atoms with Crippen LogP contribution < -0.4 is 19.7 Å². The summed E-state index contributed by atoms with van der Waals surface area (Å²) in [6.45, 7) is 4.33. The van der Waals surface area contributed by atoms with E-state index in [-0.39, 0.29) is 6.04 Å². The molecule has 1 unspecified atom stereocenters. The molecular weight excluding hydrogens is 406 g/mol. The first-order chi connectivity index (χ1) is 13.6. The number of hydrogen-bond donors (Lipinski definition) is 2. The summed E-state index contributed by atoms with van der Waals surface area (Å²) in [5, 5.41) is 7.01. The summed E-state index contributed by atoms with van der Waals surface area (Å²) in [6, 6.07) is 15.1. The summed E-state index contributed by atoms with van der Waals surface area (Å²) < 4.78 is 30.0. The Morgan fingerprint density at radius 3 is 2.38 bits per heavy atom. The van der Waals surface area contributed by atoms with E-state index >= 15 is 0 Å². The van der Waals surface area contributed by atoms with E-state index in [1.54, 1.807) is 25.3 Å². The van der Waals surface area contributed by atoms with E-state index in [1.165, 1.54) is 17.6 Å². The second-order valence-electron chi connectivity index (χ2n) is 7.33. The molecule has 0 aliphatic heterocycles. The molecule has 0 bridgehead atoms. The highest BCUT2D eigenvalue weighted by molar-refractivity contribution is 7.92. The molecule has 6 nitrogen and oxygen atoms in total. The maximum Gasteiger partial charge on any atom is 0.231 e. The fourth-order valence-corrected chi connectivity index (χ4v) is 3.64. The Kier molecular flexibility index (Phi) is 7.87. The fraction of sp³-hybridized carbons (Fsp3) is 0.381. The van der Waals surface area contributed by atoms with Gasteiger partial charge in [-0.25, -0.2) is 8.42 Å². The summed E-state index contributed by atoms with van der Waals surface area (Å²) in [4.78, 5) is 0. The first-order valence-electron chi connectivity index (χ1n) is 9.35. The van der Waals surface area contributed by atoms with Gasteiger partial charge < -0.3 is 15.4 Å². The Labute approximate surface area is 179 Å². The maximum atomic E-state index is 11.8. The van der Waals surface area contributed by atoms with E-state index in [2.05, 4.69) is 24.5 Å². The van der Waals surface area contributed by atoms with E-state index < -0.39 is 10.0 Å². The number of nitrogens with one attached hydrogen (secondary N) is 2. The highest BCUT2D eigenvalue weighted by Crippen LogP contribution is 2.24. The van der Waals surface area contributed by atoms with Crippen LogP contribution in [0.15, 0.2) is 48.5 Å². The molecule has 0 radical (unpaired) electrons. The topological polar surface area (TPSA) is 70.7 Å². The Hall–Kier alpha value is -2.32. The lowest BCUT2D eigenvalue weighted by molar-refractivity contribution is 0.414.